The van der Waals surface area contributed by atoms with Gasteiger partial charge in [0, 0.05) is 48.3 Å². The fraction of sp³-hybridized carbons (Fsp3) is 0.481. The van der Waals surface area contributed by atoms with Crippen LogP contribution in [0.1, 0.15) is 95.4 Å². The molecule has 8 rings (SSSR count). The predicted octanol–water partition coefficient (Wildman–Crippen LogP) is 9.09. The van der Waals surface area contributed by atoms with E-state index in [1.54, 1.807) is 62.8 Å². The van der Waals surface area contributed by atoms with Crippen molar-refractivity contribution in [3.05, 3.63) is 100 Å². The quantitative estimate of drug-likeness (QED) is 0.0583. The molecule has 72 heavy (non-hydrogen) atoms. The molecule has 5 aromatic rings. The molecule has 0 bridgehead atoms. The largest absolute Gasteiger partial charge is 0.491 e. The third-order valence-electron chi connectivity index (χ3n) is 14.1. The van der Waals surface area contributed by atoms with Gasteiger partial charge in [0.1, 0.15) is 42.6 Å². The number of aryl methyl sites for hydroxylation is 1. The number of halogens is 3. The minimum absolute atomic E-state index is 0.0000132. The summed E-state index contributed by atoms with van der Waals surface area (Å²) < 4.78 is 46.7. The fourth-order valence-corrected chi connectivity index (χ4v) is 10.7. The second-order valence-corrected chi connectivity index (χ2v) is 21.6. The molecule has 4 atom stereocenters. The first kappa shape index (κ1) is 52.6. The van der Waals surface area contributed by atoms with Crippen LogP contribution in [0.2, 0.25) is 5.02 Å². The number of benzene rings is 3. The Balaban J connectivity index is 0.796. The van der Waals surface area contributed by atoms with Gasteiger partial charge in [-0.05, 0) is 122 Å². The highest BCUT2D eigenvalue weighted by atomic mass is 35.5. The smallest absolute Gasteiger partial charge is 0.258 e. The number of likely N-dealkylation sites (tertiary alicyclic amines) is 1. The monoisotopic (exact) mass is 1030 g/mol. The summed E-state index contributed by atoms with van der Waals surface area (Å²) in [5.74, 6) is -1.03. The number of rotatable bonds is 19. The number of nitrogens with zero attached hydrogens (tertiary/aromatic N) is 3. The van der Waals surface area contributed by atoms with E-state index >= 15 is 0 Å². The van der Waals surface area contributed by atoms with Crippen molar-refractivity contribution in [2.45, 2.75) is 116 Å². The number of aliphatic hydroxyl groups is 1. The molecule has 3 fully saturated rings. The van der Waals surface area contributed by atoms with Crippen LogP contribution in [0.25, 0.3) is 21.3 Å². The molecule has 3 aromatic carbocycles. The minimum atomic E-state index is -1.99. The molecule has 4 N–H and O–H groups in total. The van der Waals surface area contributed by atoms with Crippen LogP contribution in [0.5, 0.6) is 11.5 Å². The van der Waals surface area contributed by atoms with E-state index in [1.807, 2.05) is 38.1 Å². The first-order valence-electron chi connectivity index (χ1n) is 24.7. The van der Waals surface area contributed by atoms with Gasteiger partial charge < -0.3 is 40.2 Å². The highest BCUT2D eigenvalue weighted by Gasteiger charge is 2.53. The lowest BCUT2D eigenvalue weighted by Crippen LogP contribution is -2.59. The number of ether oxygens (including phenoxy) is 3. The summed E-state index contributed by atoms with van der Waals surface area (Å²) in [6.07, 6.45) is 4.59. The number of β-amino-alcohol motifs (C(OH)–C–C–N with tert-alkyl or cyclic N) is 1. The standard InChI is InChI=1S/C54H63ClF2N6O8S/c1-31(33-6-8-34(9-7-33)40-16-19-58-43-14-12-37(56)25-41(40)43)49(65)61-38-13-15-45(42(55)26-38)70-22-20-69-21-23-71-46-24-35(47-32(2)60-30-72-47)10-11-36(46)28-59-50(66)44-27-39(64)29-63(44)51(67)48(53(3,4)5)62-52(68)54(57)17-18-54/h10-16,19,24-26,30-31,33-34,39,44,48,64H,6-9,17-18,20-23,27-29H2,1-5H3,(H,59,66)(H,61,65)(H,62,68)/t31-,33?,34?,39-,44+,48-/m1/s1. The number of nitrogens with one attached hydrogen (secondary N) is 3. The number of hydrogen-bond donors (Lipinski definition) is 4. The summed E-state index contributed by atoms with van der Waals surface area (Å²) >= 11 is 8.09. The number of fused-ring (bicyclic) bond motifs is 1. The summed E-state index contributed by atoms with van der Waals surface area (Å²) in [6, 6.07) is 15.3. The van der Waals surface area contributed by atoms with Gasteiger partial charge >= 0.3 is 0 Å². The number of amides is 4. The Kier molecular flexibility index (Phi) is 16.5. The van der Waals surface area contributed by atoms with Crippen molar-refractivity contribution in [2.24, 2.45) is 17.3 Å². The zero-order chi connectivity index (χ0) is 51.3. The summed E-state index contributed by atoms with van der Waals surface area (Å²) in [5, 5.41) is 20.4. The van der Waals surface area contributed by atoms with E-state index in [4.69, 9.17) is 25.8 Å². The van der Waals surface area contributed by atoms with Crippen molar-refractivity contribution in [1.29, 1.82) is 0 Å². The number of carbonyl (C=O) groups is 4. The lowest BCUT2D eigenvalue weighted by Gasteiger charge is -2.35. The molecule has 3 heterocycles. The average molecular weight is 1030 g/mol. The molecule has 0 unspecified atom stereocenters. The second kappa shape index (κ2) is 22.6. The average Bonchev–Trinajstić information content (AvgIpc) is 3.76. The normalized spacial score (nSPS) is 20.4. The van der Waals surface area contributed by atoms with Gasteiger partial charge in [-0.2, -0.15) is 0 Å². The van der Waals surface area contributed by atoms with Crippen LogP contribution in [0, 0.1) is 30.0 Å². The molecule has 14 nitrogen and oxygen atoms in total. The minimum Gasteiger partial charge on any atom is -0.491 e. The highest BCUT2D eigenvalue weighted by Crippen LogP contribution is 2.42. The Morgan fingerprint density at radius 2 is 1.68 bits per heavy atom. The zero-order valence-corrected chi connectivity index (χ0v) is 42.8. The van der Waals surface area contributed by atoms with Gasteiger partial charge in [0.15, 0.2) is 5.67 Å². The Morgan fingerprint density at radius 1 is 0.944 bits per heavy atom. The van der Waals surface area contributed by atoms with Crippen molar-refractivity contribution < 1.29 is 47.3 Å². The Hall–Kier alpha value is -5.75. The van der Waals surface area contributed by atoms with Crippen LogP contribution in [0.3, 0.4) is 0 Å². The van der Waals surface area contributed by atoms with Crippen molar-refractivity contribution in [3.8, 4) is 21.9 Å². The fourth-order valence-electron chi connectivity index (χ4n) is 9.69. The van der Waals surface area contributed by atoms with Crippen LogP contribution < -0.4 is 25.4 Å². The van der Waals surface area contributed by atoms with Crippen molar-refractivity contribution in [1.82, 2.24) is 25.5 Å². The van der Waals surface area contributed by atoms with Crippen LogP contribution >= 0.6 is 22.9 Å². The maximum atomic E-state index is 14.7. The second-order valence-electron chi connectivity index (χ2n) is 20.3. The molecular formula is C54H63ClF2N6O8S. The molecule has 384 valence electrons. The Bertz CT molecular complexity index is 2780. The lowest BCUT2D eigenvalue weighted by atomic mass is 9.73. The number of carbonyl (C=O) groups excluding carboxylic acids is 4. The van der Waals surface area contributed by atoms with E-state index in [0.29, 0.717) is 27.8 Å². The summed E-state index contributed by atoms with van der Waals surface area (Å²) in [4.78, 5) is 64.8. The molecule has 2 saturated carbocycles. The molecule has 18 heteroatoms. The number of anilines is 1. The van der Waals surface area contributed by atoms with E-state index in [-0.39, 0.29) is 88.3 Å². The number of pyridine rings is 1. The summed E-state index contributed by atoms with van der Waals surface area (Å²) in [6.45, 7) is 9.87. The Morgan fingerprint density at radius 3 is 2.36 bits per heavy atom. The van der Waals surface area contributed by atoms with Gasteiger partial charge in [-0.15, -0.1) is 11.3 Å². The van der Waals surface area contributed by atoms with Crippen LogP contribution in [-0.4, -0.2) is 100 Å². The van der Waals surface area contributed by atoms with Crippen molar-refractivity contribution in [2.75, 3.05) is 38.3 Å². The number of alkyl halides is 1. The number of hydrogen-bond acceptors (Lipinski definition) is 11. The summed E-state index contributed by atoms with van der Waals surface area (Å²) in [7, 11) is 0. The van der Waals surface area contributed by atoms with Gasteiger partial charge in [-0.1, -0.05) is 51.4 Å². The van der Waals surface area contributed by atoms with E-state index in [9.17, 15) is 33.1 Å². The zero-order valence-electron chi connectivity index (χ0n) is 41.3. The van der Waals surface area contributed by atoms with Gasteiger partial charge in [-0.3, -0.25) is 24.2 Å². The number of thiazole rings is 1. The summed E-state index contributed by atoms with van der Waals surface area (Å²) in [5.41, 5.74) is 3.84. The van der Waals surface area contributed by atoms with E-state index in [0.717, 1.165) is 58.3 Å². The van der Waals surface area contributed by atoms with Crippen LogP contribution in [0.4, 0.5) is 14.5 Å². The van der Waals surface area contributed by atoms with Crippen LogP contribution in [-0.2, 0) is 30.5 Å². The van der Waals surface area contributed by atoms with Crippen LogP contribution in [0.15, 0.2) is 72.4 Å². The Labute approximate surface area is 427 Å². The third-order valence-corrected chi connectivity index (χ3v) is 15.4. The predicted molar refractivity (Wildman–Crippen MR) is 272 cm³/mol. The highest BCUT2D eigenvalue weighted by molar-refractivity contribution is 7.13. The molecule has 2 aliphatic carbocycles. The van der Waals surface area contributed by atoms with Crippen molar-refractivity contribution in [3.63, 3.8) is 0 Å². The topological polar surface area (TPSA) is 181 Å². The molecule has 0 radical (unpaired) electrons. The molecule has 2 aromatic heterocycles. The molecular weight excluding hydrogens is 966 g/mol. The van der Waals surface area contributed by atoms with Gasteiger partial charge in [0.05, 0.1) is 45.9 Å². The van der Waals surface area contributed by atoms with E-state index < -0.39 is 47.0 Å². The van der Waals surface area contributed by atoms with Gasteiger partial charge in [0.2, 0.25) is 17.7 Å². The SMILES string of the molecule is Cc1ncsc1-c1ccc(CNC(=O)[C@@H]2C[C@@H](O)CN2C(=O)[C@@H](NC(=O)C2(F)CC2)C(C)(C)C)c(OCCOCCOc2ccc(NC(=O)[C@H](C)C3CCC(c4ccnc5ccc(F)cc45)CC3)cc2Cl)c1. The molecule has 4 amide bonds. The molecule has 0 spiro atoms. The molecule has 1 saturated heterocycles. The van der Waals surface area contributed by atoms with Gasteiger partial charge in [0.25, 0.3) is 5.91 Å². The molecule has 1 aliphatic heterocycles. The van der Waals surface area contributed by atoms with Crippen molar-refractivity contribution >= 4 is 63.2 Å². The molecule has 3 aliphatic rings. The maximum Gasteiger partial charge on any atom is 0.258 e. The number of aliphatic hydroxyl groups excluding tert-OH is 1. The van der Waals surface area contributed by atoms with E-state index in [2.05, 4.69) is 25.9 Å². The first-order chi connectivity index (χ1) is 34.4. The van der Waals surface area contributed by atoms with E-state index in [1.165, 1.54) is 22.3 Å². The number of aromatic nitrogens is 2. The van der Waals surface area contributed by atoms with Gasteiger partial charge in [-0.25, -0.2) is 13.8 Å². The third kappa shape index (κ3) is 12.5. The first-order valence-corrected chi connectivity index (χ1v) is 25.9. The maximum absolute atomic E-state index is 14.7. The lowest BCUT2D eigenvalue weighted by molar-refractivity contribution is -0.145.